The standard InChI is InChI=1S/C40H23ClN4O/c41-40-44-37(36-32-15-5-6-18-35(32)46-39(36)45-40)26-19-21-27(22-20-26)38-42-33(30-16-7-11-24-9-1-3-13-28(24)30)23-34(43-38)31-17-8-12-25-10-2-4-14-29(25)31/h1-23H. The van der Waals surface area contributed by atoms with Gasteiger partial charge in [-0.2, -0.15) is 4.98 Å². The van der Waals surface area contributed by atoms with E-state index in [0.29, 0.717) is 17.2 Å². The largest absolute Gasteiger partial charge is 0.438 e. The lowest BCUT2D eigenvalue weighted by Gasteiger charge is -2.13. The molecule has 3 heterocycles. The highest BCUT2D eigenvalue weighted by atomic mass is 35.5. The van der Waals surface area contributed by atoms with Crippen molar-refractivity contribution in [3.05, 3.63) is 145 Å². The molecule has 6 heteroatoms. The van der Waals surface area contributed by atoms with Crippen molar-refractivity contribution in [3.63, 3.8) is 0 Å². The number of hydrogen-bond donors (Lipinski definition) is 0. The minimum atomic E-state index is 0.136. The Hall–Kier alpha value is -5.91. The SMILES string of the molecule is Clc1nc(-c2ccc(-c3nc(-c4cccc5ccccc45)cc(-c4cccc5ccccc45)n3)cc2)c2c(n1)oc1ccccc12. The number of nitrogens with zero attached hydrogens (tertiary/aromatic N) is 4. The number of hydrogen-bond acceptors (Lipinski definition) is 5. The minimum absolute atomic E-state index is 0.136. The van der Waals surface area contributed by atoms with E-state index < -0.39 is 0 Å². The van der Waals surface area contributed by atoms with E-state index in [1.807, 2.05) is 48.5 Å². The fourth-order valence-corrected chi connectivity index (χ4v) is 6.49. The molecule has 0 atom stereocenters. The summed E-state index contributed by atoms with van der Waals surface area (Å²) in [5.74, 6) is 0.638. The second-order valence-corrected chi connectivity index (χ2v) is 11.6. The second-order valence-electron chi connectivity index (χ2n) is 11.2. The molecule has 0 amide bonds. The maximum absolute atomic E-state index is 6.36. The maximum atomic E-state index is 6.36. The highest BCUT2D eigenvalue weighted by Gasteiger charge is 2.18. The van der Waals surface area contributed by atoms with Gasteiger partial charge < -0.3 is 4.42 Å². The molecule has 0 saturated carbocycles. The molecule has 0 radical (unpaired) electrons. The smallest absolute Gasteiger partial charge is 0.232 e. The number of benzene rings is 6. The summed E-state index contributed by atoms with van der Waals surface area (Å²) in [6.07, 6.45) is 0. The Bertz CT molecular complexity index is 2500. The molecule has 6 aromatic carbocycles. The highest BCUT2D eigenvalue weighted by Crippen LogP contribution is 2.37. The van der Waals surface area contributed by atoms with Crippen molar-refractivity contribution >= 4 is 55.2 Å². The zero-order chi connectivity index (χ0) is 30.6. The van der Waals surface area contributed by atoms with Crippen LogP contribution in [0, 0.1) is 0 Å². The third-order valence-electron chi connectivity index (χ3n) is 8.49. The van der Waals surface area contributed by atoms with Crippen LogP contribution < -0.4 is 0 Å². The van der Waals surface area contributed by atoms with E-state index in [9.17, 15) is 0 Å². The van der Waals surface area contributed by atoms with Gasteiger partial charge in [0.15, 0.2) is 5.82 Å². The van der Waals surface area contributed by atoms with Gasteiger partial charge in [-0.3, -0.25) is 0 Å². The van der Waals surface area contributed by atoms with E-state index in [-0.39, 0.29) is 5.28 Å². The van der Waals surface area contributed by atoms with Gasteiger partial charge in [0.25, 0.3) is 0 Å². The summed E-state index contributed by atoms with van der Waals surface area (Å²) < 4.78 is 6.00. The van der Waals surface area contributed by atoms with Gasteiger partial charge in [-0.25, -0.2) is 15.0 Å². The lowest BCUT2D eigenvalue weighted by molar-refractivity contribution is 0.653. The van der Waals surface area contributed by atoms with Crippen molar-refractivity contribution in [3.8, 4) is 45.2 Å². The topological polar surface area (TPSA) is 64.7 Å². The van der Waals surface area contributed by atoms with Crippen molar-refractivity contribution in [1.82, 2.24) is 19.9 Å². The number of aromatic nitrogens is 4. The van der Waals surface area contributed by atoms with Crippen LogP contribution in [0.3, 0.4) is 0 Å². The first-order chi connectivity index (χ1) is 22.7. The Kier molecular flexibility index (Phi) is 6.11. The normalized spacial score (nSPS) is 11.6. The molecule has 216 valence electrons. The van der Waals surface area contributed by atoms with Crippen molar-refractivity contribution in [2.24, 2.45) is 0 Å². The van der Waals surface area contributed by atoms with E-state index >= 15 is 0 Å². The summed E-state index contributed by atoms with van der Waals surface area (Å²) in [4.78, 5) is 19.3. The third kappa shape index (κ3) is 4.40. The highest BCUT2D eigenvalue weighted by molar-refractivity contribution is 6.29. The zero-order valence-electron chi connectivity index (χ0n) is 24.4. The molecule has 0 aliphatic carbocycles. The van der Waals surface area contributed by atoms with Gasteiger partial charge >= 0.3 is 0 Å². The number of furan rings is 1. The summed E-state index contributed by atoms with van der Waals surface area (Å²) in [7, 11) is 0. The summed E-state index contributed by atoms with van der Waals surface area (Å²) in [6, 6.07) is 47.6. The van der Waals surface area contributed by atoms with Crippen LogP contribution >= 0.6 is 11.6 Å². The first-order valence-electron chi connectivity index (χ1n) is 15.0. The van der Waals surface area contributed by atoms with E-state index in [0.717, 1.165) is 71.5 Å². The van der Waals surface area contributed by atoms with Crippen LogP contribution in [-0.4, -0.2) is 19.9 Å². The van der Waals surface area contributed by atoms with Gasteiger partial charge in [-0.05, 0) is 45.3 Å². The van der Waals surface area contributed by atoms with Crippen LogP contribution in [-0.2, 0) is 0 Å². The van der Waals surface area contributed by atoms with Gasteiger partial charge in [0.05, 0.1) is 22.5 Å². The van der Waals surface area contributed by atoms with E-state index in [1.54, 1.807) is 0 Å². The summed E-state index contributed by atoms with van der Waals surface area (Å²) >= 11 is 6.36. The summed E-state index contributed by atoms with van der Waals surface area (Å²) in [5.41, 5.74) is 7.55. The summed E-state index contributed by atoms with van der Waals surface area (Å²) in [6.45, 7) is 0. The molecule has 0 fully saturated rings. The molecule has 9 aromatic rings. The van der Waals surface area contributed by atoms with Gasteiger partial charge in [0, 0.05) is 27.6 Å². The summed E-state index contributed by atoms with van der Waals surface area (Å²) in [5, 5.41) is 6.53. The second kappa shape index (κ2) is 10.6. The Morgan fingerprint density at radius 1 is 0.478 bits per heavy atom. The van der Waals surface area contributed by atoms with Crippen molar-refractivity contribution in [2.45, 2.75) is 0 Å². The maximum Gasteiger partial charge on any atom is 0.232 e. The predicted molar refractivity (Wildman–Crippen MR) is 187 cm³/mol. The monoisotopic (exact) mass is 610 g/mol. The molecule has 0 unspecified atom stereocenters. The fourth-order valence-electron chi connectivity index (χ4n) is 6.33. The van der Waals surface area contributed by atoms with Crippen LogP contribution in [0.5, 0.6) is 0 Å². The molecular weight excluding hydrogens is 588 g/mol. The molecule has 9 rings (SSSR count). The molecule has 3 aromatic heterocycles. The van der Waals surface area contributed by atoms with Crippen LogP contribution in [0.2, 0.25) is 5.28 Å². The lowest BCUT2D eigenvalue weighted by atomic mass is 9.98. The molecule has 46 heavy (non-hydrogen) atoms. The van der Waals surface area contributed by atoms with Crippen molar-refractivity contribution < 1.29 is 4.42 Å². The number of rotatable bonds is 4. The van der Waals surface area contributed by atoms with Crippen LogP contribution in [0.1, 0.15) is 0 Å². The molecule has 0 aliphatic rings. The average Bonchev–Trinajstić information content (AvgIpc) is 3.49. The van der Waals surface area contributed by atoms with E-state index in [2.05, 4.69) is 101 Å². The lowest BCUT2D eigenvalue weighted by Crippen LogP contribution is -1.97. The van der Waals surface area contributed by atoms with Crippen LogP contribution in [0.25, 0.3) is 88.8 Å². The van der Waals surface area contributed by atoms with Gasteiger partial charge in [0.2, 0.25) is 11.0 Å². The number of para-hydroxylation sites is 1. The van der Waals surface area contributed by atoms with Crippen molar-refractivity contribution in [2.75, 3.05) is 0 Å². The predicted octanol–water partition coefficient (Wildman–Crippen LogP) is 10.8. The molecular formula is C40H23ClN4O. The first kappa shape index (κ1) is 26.5. The first-order valence-corrected chi connectivity index (χ1v) is 15.4. The van der Waals surface area contributed by atoms with E-state index in [1.165, 1.54) is 0 Å². The average molecular weight is 611 g/mol. The molecule has 0 aliphatic heterocycles. The Labute approximate surface area is 268 Å². The Morgan fingerprint density at radius 3 is 1.67 bits per heavy atom. The van der Waals surface area contributed by atoms with Gasteiger partial charge in [0.1, 0.15) is 5.58 Å². The molecule has 0 bridgehead atoms. The third-order valence-corrected chi connectivity index (χ3v) is 8.65. The number of fused-ring (bicyclic) bond motifs is 5. The van der Waals surface area contributed by atoms with Crippen molar-refractivity contribution in [1.29, 1.82) is 0 Å². The number of halogens is 1. The molecule has 0 spiro atoms. The minimum Gasteiger partial charge on any atom is -0.438 e. The van der Waals surface area contributed by atoms with Crippen LogP contribution in [0.4, 0.5) is 0 Å². The Balaban J connectivity index is 1.23. The van der Waals surface area contributed by atoms with Gasteiger partial charge in [-0.1, -0.05) is 127 Å². The Morgan fingerprint density at radius 2 is 1.02 bits per heavy atom. The fraction of sp³-hybridized carbons (Fsp3) is 0. The quantitative estimate of drug-likeness (QED) is 0.185. The zero-order valence-corrected chi connectivity index (χ0v) is 25.1. The molecule has 0 saturated heterocycles. The van der Waals surface area contributed by atoms with Crippen LogP contribution in [0.15, 0.2) is 144 Å². The van der Waals surface area contributed by atoms with Gasteiger partial charge in [-0.15, -0.1) is 0 Å². The molecule has 5 nitrogen and oxygen atoms in total. The van der Waals surface area contributed by atoms with E-state index in [4.69, 9.17) is 26.0 Å². The molecule has 0 N–H and O–H groups in total.